The van der Waals surface area contributed by atoms with Crippen LogP contribution in [0.25, 0.3) is 11.0 Å². The maximum absolute atomic E-state index is 4.78. The highest BCUT2D eigenvalue weighted by Gasteiger charge is 2.14. The van der Waals surface area contributed by atoms with E-state index in [2.05, 4.69) is 26.7 Å². The molecule has 0 aliphatic rings. The Labute approximate surface area is 99.0 Å². The second-order valence-electron chi connectivity index (χ2n) is 4.15. The zero-order valence-corrected chi connectivity index (χ0v) is 11.9. The van der Waals surface area contributed by atoms with Crippen LogP contribution in [0.5, 0.6) is 0 Å². The molecule has 0 bridgehead atoms. The summed E-state index contributed by atoms with van der Waals surface area (Å²) < 4.78 is 0. The van der Waals surface area contributed by atoms with Gasteiger partial charge in [0.15, 0.2) is 0 Å². The molecule has 1 heterocycles. The van der Waals surface area contributed by atoms with Gasteiger partial charge in [-0.15, -0.1) is 0 Å². The van der Waals surface area contributed by atoms with Crippen LogP contribution in [0, 0.1) is 0 Å². The number of hydrogen-bond acceptors (Lipinski definition) is 2. The molecule has 0 radical (unpaired) electrons. The fourth-order valence-electron chi connectivity index (χ4n) is 1.58. The van der Waals surface area contributed by atoms with E-state index in [-0.39, 0.29) is 15.8 Å². The fraction of sp³-hybridized carbons (Fsp3) is 0.333. The molecule has 1 aromatic heterocycles. The molecule has 4 heteroatoms. The van der Waals surface area contributed by atoms with Crippen LogP contribution in [0.4, 0.5) is 0 Å². The van der Waals surface area contributed by atoms with Crippen molar-refractivity contribution >= 4 is 37.7 Å². The first-order chi connectivity index (χ1) is 7.59. The zero-order valence-electron chi connectivity index (χ0n) is 10.1. The lowest BCUT2D eigenvalue weighted by molar-refractivity contribution is 1.38. The first kappa shape index (κ1) is 11.9. The van der Waals surface area contributed by atoms with Crippen molar-refractivity contribution < 1.29 is 0 Å². The fourth-order valence-corrected chi connectivity index (χ4v) is 4.30. The monoisotopic (exact) mass is 250 g/mol. The van der Waals surface area contributed by atoms with E-state index in [9.17, 15) is 0 Å². The Morgan fingerprint density at radius 2 is 1.12 bits per heavy atom. The predicted octanol–water partition coefficient (Wildman–Crippen LogP) is 2.36. The molecular formula is C12H16N2P2. The first-order valence-corrected chi connectivity index (χ1v) is 9.68. The highest BCUT2D eigenvalue weighted by atomic mass is 31.1. The summed E-state index contributed by atoms with van der Waals surface area (Å²) in [6.45, 7) is 8.99. The Hall–Kier alpha value is -0.580. The summed E-state index contributed by atoms with van der Waals surface area (Å²) in [7, 11) is -0.359. The minimum absolute atomic E-state index is 0.179. The van der Waals surface area contributed by atoms with E-state index < -0.39 is 0 Å². The number of nitrogens with zero attached hydrogens (tertiary/aromatic N) is 2. The van der Waals surface area contributed by atoms with E-state index in [1.165, 1.54) is 10.9 Å². The van der Waals surface area contributed by atoms with Crippen molar-refractivity contribution in [3.05, 3.63) is 24.3 Å². The normalized spacial score (nSPS) is 11.6. The second-order valence-corrected chi connectivity index (χ2v) is 8.57. The summed E-state index contributed by atoms with van der Waals surface area (Å²) in [5, 5.41) is 0. The molecule has 0 saturated heterocycles. The molecule has 0 atom stereocenters. The van der Waals surface area contributed by atoms with Crippen LogP contribution in [0.15, 0.2) is 24.3 Å². The van der Waals surface area contributed by atoms with Crippen molar-refractivity contribution in [1.29, 1.82) is 0 Å². The van der Waals surface area contributed by atoms with E-state index >= 15 is 0 Å². The average molecular weight is 250 g/mol. The minimum Gasteiger partial charge on any atom is -0.244 e. The maximum Gasteiger partial charge on any atom is 0.0895 e. The summed E-state index contributed by atoms with van der Waals surface area (Å²) in [5.74, 6) is 0. The second kappa shape index (κ2) is 4.73. The van der Waals surface area contributed by atoms with Crippen molar-refractivity contribution in [3.8, 4) is 0 Å². The third-order valence-electron chi connectivity index (χ3n) is 2.38. The number of para-hydroxylation sites is 2. The van der Waals surface area contributed by atoms with Gasteiger partial charge in [0.25, 0.3) is 0 Å². The molecule has 0 unspecified atom stereocenters. The number of hydrogen-bond donors (Lipinski definition) is 0. The number of aromatic nitrogens is 2. The molecule has 0 N–H and O–H groups in total. The van der Waals surface area contributed by atoms with Crippen LogP contribution < -0.4 is 10.9 Å². The smallest absolute Gasteiger partial charge is 0.0895 e. The Bertz CT molecular complexity index is 463. The van der Waals surface area contributed by atoms with Crippen molar-refractivity contribution in [3.63, 3.8) is 0 Å². The van der Waals surface area contributed by atoms with Gasteiger partial charge >= 0.3 is 0 Å². The van der Waals surface area contributed by atoms with Gasteiger partial charge in [0.1, 0.15) is 0 Å². The van der Waals surface area contributed by atoms with Crippen molar-refractivity contribution in [1.82, 2.24) is 9.97 Å². The molecule has 2 aromatic rings. The summed E-state index contributed by atoms with van der Waals surface area (Å²) in [4.78, 5) is 9.56. The summed E-state index contributed by atoms with van der Waals surface area (Å²) >= 11 is 0. The molecule has 0 fully saturated rings. The molecule has 1 aromatic carbocycles. The Morgan fingerprint density at radius 3 is 1.44 bits per heavy atom. The molecule has 0 aliphatic heterocycles. The standard InChI is InChI=1S/C12H16N2P2/c1-15(2)11-12(16(3)4)14-10-8-6-5-7-9(10)13-11/h5-8H,1-4H3. The molecule has 16 heavy (non-hydrogen) atoms. The van der Waals surface area contributed by atoms with Crippen LogP contribution >= 0.6 is 15.8 Å². The summed E-state index contributed by atoms with van der Waals surface area (Å²) in [6.07, 6.45) is 0. The SMILES string of the molecule is CP(C)c1nc2ccccc2nc1P(C)C. The predicted molar refractivity (Wildman–Crippen MR) is 76.3 cm³/mol. The Balaban J connectivity index is 2.71. The van der Waals surface area contributed by atoms with Crippen molar-refractivity contribution in [2.24, 2.45) is 0 Å². The van der Waals surface area contributed by atoms with Crippen molar-refractivity contribution in [2.45, 2.75) is 0 Å². The molecule has 0 saturated carbocycles. The van der Waals surface area contributed by atoms with Gasteiger partial charge in [-0.2, -0.15) is 0 Å². The van der Waals surface area contributed by atoms with E-state index in [0.29, 0.717) is 0 Å². The van der Waals surface area contributed by atoms with E-state index in [1.54, 1.807) is 0 Å². The first-order valence-electron chi connectivity index (χ1n) is 5.21. The molecule has 2 nitrogen and oxygen atoms in total. The van der Waals surface area contributed by atoms with Gasteiger partial charge in [0, 0.05) is 0 Å². The van der Waals surface area contributed by atoms with Crippen LogP contribution in [-0.2, 0) is 0 Å². The third-order valence-corrected chi connectivity index (χ3v) is 4.88. The van der Waals surface area contributed by atoms with Gasteiger partial charge in [-0.25, -0.2) is 9.97 Å². The highest BCUT2D eigenvalue weighted by Crippen LogP contribution is 2.29. The quantitative estimate of drug-likeness (QED) is 0.765. The Morgan fingerprint density at radius 1 is 0.750 bits per heavy atom. The minimum atomic E-state index is -0.179. The lowest BCUT2D eigenvalue weighted by Crippen LogP contribution is -2.27. The van der Waals surface area contributed by atoms with Gasteiger partial charge in [-0.05, 0) is 38.8 Å². The lowest BCUT2D eigenvalue weighted by Gasteiger charge is -2.14. The molecule has 0 amide bonds. The zero-order chi connectivity index (χ0) is 11.7. The number of benzene rings is 1. The highest BCUT2D eigenvalue weighted by molar-refractivity contribution is 7.70. The molecule has 0 spiro atoms. The van der Waals surface area contributed by atoms with Crippen LogP contribution in [-0.4, -0.2) is 36.6 Å². The van der Waals surface area contributed by atoms with Gasteiger partial charge in [0.05, 0.1) is 21.9 Å². The average Bonchev–Trinajstić information content (AvgIpc) is 2.27. The summed E-state index contributed by atoms with van der Waals surface area (Å²) in [5.41, 5.74) is 4.50. The lowest BCUT2D eigenvalue weighted by atomic mass is 10.3. The van der Waals surface area contributed by atoms with E-state index in [1.807, 2.05) is 24.3 Å². The van der Waals surface area contributed by atoms with Crippen LogP contribution in [0.1, 0.15) is 0 Å². The van der Waals surface area contributed by atoms with E-state index in [4.69, 9.17) is 9.97 Å². The van der Waals surface area contributed by atoms with Crippen molar-refractivity contribution in [2.75, 3.05) is 26.7 Å². The maximum atomic E-state index is 4.78. The molecule has 84 valence electrons. The largest absolute Gasteiger partial charge is 0.244 e. The molecular weight excluding hydrogens is 234 g/mol. The summed E-state index contributed by atoms with van der Waals surface area (Å²) in [6, 6.07) is 8.13. The van der Waals surface area contributed by atoms with Crippen LogP contribution in [0.2, 0.25) is 0 Å². The third kappa shape index (κ3) is 2.24. The van der Waals surface area contributed by atoms with Crippen LogP contribution in [0.3, 0.4) is 0 Å². The van der Waals surface area contributed by atoms with Gasteiger partial charge < -0.3 is 0 Å². The molecule has 2 rings (SSSR count). The number of rotatable bonds is 2. The van der Waals surface area contributed by atoms with Gasteiger partial charge in [0.2, 0.25) is 0 Å². The van der Waals surface area contributed by atoms with Gasteiger partial charge in [-0.3, -0.25) is 0 Å². The van der Waals surface area contributed by atoms with Gasteiger partial charge in [-0.1, -0.05) is 28.0 Å². The molecule has 0 aliphatic carbocycles. The topological polar surface area (TPSA) is 25.8 Å². The van der Waals surface area contributed by atoms with E-state index in [0.717, 1.165) is 11.0 Å². The number of fused-ring (bicyclic) bond motifs is 1. The Kier molecular flexibility index (Phi) is 3.52.